The molecule has 5 nitrogen and oxygen atoms in total. The van der Waals surface area contributed by atoms with Crippen molar-refractivity contribution in [2.45, 2.75) is 43.8 Å². The molecule has 1 aliphatic rings. The Morgan fingerprint density at radius 3 is 3.05 bits per heavy atom. The number of aromatic nitrogens is 2. The first-order chi connectivity index (χ1) is 10.1. The largest absolute Gasteiger partial charge is 0.396 e. The molecule has 2 rings (SSSR count). The molecule has 1 aromatic heterocycles. The van der Waals surface area contributed by atoms with Crippen molar-refractivity contribution in [3.8, 4) is 0 Å². The lowest BCUT2D eigenvalue weighted by atomic mass is 10.2. The van der Waals surface area contributed by atoms with E-state index in [1.165, 1.54) is 5.57 Å². The van der Waals surface area contributed by atoms with Crippen LogP contribution in [0.4, 0.5) is 11.5 Å². The molecule has 0 amide bonds. The number of nitrogens with one attached hydrogen (secondary N) is 1. The molecule has 0 bridgehead atoms. The zero-order valence-electron chi connectivity index (χ0n) is 12.1. The van der Waals surface area contributed by atoms with Crippen molar-refractivity contribution in [1.82, 2.24) is 9.97 Å². The molecule has 1 atom stereocenters. The summed E-state index contributed by atoms with van der Waals surface area (Å²) in [7, 11) is 0. The van der Waals surface area contributed by atoms with E-state index in [0.717, 1.165) is 31.4 Å². The highest BCUT2D eigenvalue weighted by Crippen LogP contribution is 2.30. The van der Waals surface area contributed by atoms with Gasteiger partial charge in [-0.15, -0.1) is 0 Å². The third-order valence-electron chi connectivity index (χ3n) is 3.28. The zero-order chi connectivity index (χ0) is 15.2. The number of thioether (sulfide) groups is 1. The molecule has 0 spiro atoms. The molecule has 21 heavy (non-hydrogen) atoms. The van der Waals surface area contributed by atoms with Crippen LogP contribution in [-0.2, 0) is 0 Å². The fraction of sp³-hybridized carbons (Fsp3) is 0.571. The number of nitrogens with two attached hydrogens (primary N) is 1. The first-order valence-corrected chi connectivity index (χ1v) is 8.53. The van der Waals surface area contributed by atoms with Gasteiger partial charge in [0.2, 0.25) is 0 Å². The molecule has 0 fully saturated rings. The molecule has 0 radical (unpaired) electrons. The second-order valence-electron chi connectivity index (χ2n) is 5.00. The lowest BCUT2D eigenvalue weighted by Gasteiger charge is -2.14. The van der Waals surface area contributed by atoms with Crippen LogP contribution in [0.2, 0.25) is 5.15 Å². The van der Waals surface area contributed by atoms with E-state index in [4.69, 9.17) is 22.4 Å². The SMILES string of the molecule is CCCSc1nc(Cl)c(N)c(NC2C=C(CCO)CC2)n1. The number of rotatable bonds is 7. The second kappa shape index (κ2) is 7.87. The molecule has 116 valence electrons. The minimum absolute atomic E-state index is 0.184. The predicted molar refractivity (Wildman–Crippen MR) is 88.9 cm³/mol. The van der Waals surface area contributed by atoms with Gasteiger partial charge in [0.15, 0.2) is 16.1 Å². The van der Waals surface area contributed by atoms with E-state index in [1.54, 1.807) is 11.8 Å². The number of nitrogen functional groups attached to an aromatic ring is 1. The summed E-state index contributed by atoms with van der Waals surface area (Å²) in [5, 5.41) is 13.2. The number of halogens is 1. The van der Waals surface area contributed by atoms with Crippen molar-refractivity contribution in [3.05, 3.63) is 16.8 Å². The first kappa shape index (κ1) is 16.4. The number of aliphatic hydroxyl groups is 1. The van der Waals surface area contributed by atoms with E-state index in [9.17, 15) is 0 Å². The Morgan fingerprint density at radius 2 is 2.33 bits per heavy atom. The molecule has 1 heterocycles. The van der Waals surface area contributed by atoms with Gasteiger partial charge < -0.3 is 16.2 Å². The average molecular weight is 329 g/mol. The third kappa shape index (κ3) is 4.49. The van der Waals surface area contributed by atoms with E-state index >= 15 is 0 Å². The van der Waals surface area contributed by atoms with Gasteiger partial charge in [-0.05, 0) is 25.7 Å². The van der Waals surface area contributed by atoms with Crippen LogP contribution in [0.25, 0.3) is 0 Å². The van der Waals surface area contributed by atoms with Gasteiger partial charge in [-0.3, -0.25) is 0 Å². The Hall–Kier alpha value is -0.980. The Balaban J connectivity index is 2.10. The number of aliphatic hydroxyl groups excluding tert-OH is 1. The molecule has 1 aliphatic carbocycles. The molecule has 1 unspecified atom stereocenters. The van der Waals surface area contributed by atoms with E-state index in [0.29, 0.717) is 21.8 Å². The number of anilines is 2. The lowest BCUT2D eigenvalue weighted by Crippen LogP contribution is -2.16. The third-order valence-corrected chi connectivity index (χ3v) is 4.62. The fourth-order valence-corrected chi connectivity index (χ4v) is 3.14. The van der Waals surface area contributed by atoms with Crippen molar-refractivity contribution in [3.63, 3.8) is 0 Å². The summed E-state index contributed by atoms with van der Waals surface area (Å²) in [5.74, 6) is 1.55. The van der Waals surface area contributed by atoms with Crippen molar-refractivity contribution < 1.29 is 5.11 Å². The fourth-order valence-electron chi connectivity index (χ4n) is 2.22. The van der Waals surface area contributed by atoms with E-state index in [1.807, 2.05) is 0 Å². The standard InChI is InChI=1S/C14H21ClN4OS/c1-2-7-21-14-18-12(15)11(16)13(19-14)17-10-4-3-9(8-10)5-6-20/h8,10,20H,2-7,16H2,1H3,(H,17,18,19). The summed E-state index contributed by atoms with van der Waals surface area (Å²) in [6.45, 7) is 2.30. The van der Waals surface area contributed by atoms with Gasteiger partial charge in [0.25, 0.3) is 0 Å². The maximum Gasteiger partial charge on any atom is 0.191 e. The quantitative estimate of drug-likeness (QED) is 0.309. The van der Waals surface area contributed by atoms with Crippen LogP contribution in [0.1, 0.15) is 32.6 Å². The summed E-state index contributed by atoms with van der Waals surface area (Å²) in [5.41, 5.74) is 7.62. The van der Waals surface area contributed by atoms with Crippen LogP contribution in [0, 0.1) is 0 Å². The summed E-state index contributed by atoms with van der Waals surface area (Å²) in [4.78, 5) is 8.65. The molecule has 0 saturated heterocycles. The van der Waals surface area contributed by atoms with Gasteiger partial charge in [0, 0.05) is 18.4 Å². The van der Waals surface area contributed by atoms with Crippen molar-refractivity contribution in [1.29, 1.82) is 0 Å². The zero-order valence-corrected chi connectivity index (χ0v) is 13.7. The number of nitrogens with zero attached hydrogens (tertiary/aromatic N) is 2. The van der Waals surface area contributed by atoms with E-state index < -0.39 is 0 Å². The van der Waals surface area contributed by atoms with E-state index in [-0.39, 0.29) is 12.6 Å². The van der Waals surface area contributed by atoms with E-state index in [2.05, 4.69) is 28.3 Å². The van der Waals surface area contributed by atoms with Gasteiger partial charge >= 0.3 is 0 Å². The van der Waals surface area contributed by atoms with Gasteiger partial charge in [-0.25, -0.2) is 9.97 Å². The van der Waals surface area contributed by atoms with Crippen LogP contribution in [0.15, 0.2) is 16.8 Å². The minimum Gasteiger partial charge on any atom is -0.396 e. The maximum atomic E-state index is 8.98. The molecule has 4 N–H and O–H groups in total. The van der Waals surface area contributed by atoms with Crippen LogP contribution in [-0.4, -0.2) is 33.5 Å². The molecular formula is C14H21ClN4OS. The maximum absolute atomic E-state index is 8.98. The number of hydrogen-bond acceptors (Lipinski definition) is 6. The highest BCUT2D eigenvalue weighted by Gasteiger charge is 2.18. The predicted octanol–water partition coefficient (Wildman–Crippen LogP) is 3.10. The van der Waals surface area contributed by atoms with Crippen LogP contribution < -0.4 is 11.1 Å². The topological polar surface area (TPSA) is 84.1 Å². The summed E-state index contributed by atoms with van der Waals surface area (Å²) in [6.07, 6.45) is 5.90. The minimum atomic E-state index is 0.184. The van der Waals surface area contributed by atoms with Crippen molar-refractivity contribution >= 4 is 34.9 Å². The molecule has 0 saturated carbocycles. The summed E-state index contributed by atoms with van der Waals surface area (Å²) < 4.78 is 0. The van der Waals surface area contributed by atoms with Gasteiger partial charge in [0.05, 0.1) is 0 Å². The van der Waals surface area contributed by atoms with Crippen LogP contribution in [0.5, 0.6) is 0 Å². The second-order valence-corrected chi connectivity index (χ2v) is 6.42. The molecule has 0 aromatic carbocycles. The Kier molecular flexibility index (Phi) is 6.14. The Labute approximate surface area is 134 Å². The van der Waals surface area contributed by atoms with Gasteiger partial charge in [0.1, 0.15) is 5.69 Å². The molecule has 0 aliphatic heterocycles. The summed E-state index contributed by atoms with van der Waals surface area (Å²) >= 11 is 7.66. The monoisotopic (exact) mass is 328 g/mol. The van der Waals surface area contributed by atoms with Crippen molar-refractivity contribution in [2.75, 3.05) is 23.4 Å². The van der Waals surface area contributed by atoms with Gasteiger partial charge in [-0.1, -0.05) is 41.9 Å². The summed E-state index contributed by atoms with van der Waals surface area (Å²) in [6, 6.07) is 0.184. The molecular weight excluding hydrogens is 308 g/mol. The highest BCUT2D eigenvalue weighted by atomic mass is 35.5. The van der Waals surface area contributed by atoms with Crippen molar-refractivity contribution in [2.24, 2.45) is 0 Å². The van der Waals surface area contributed by atoms with Crippen LogP contribution in [0.3, 0.4) is 0 Å². The normalized spacial score (nSPS) is 17.9. The average Bonchev–Trinajstić information content (AvgIpc) is 2.89. The molecule has 7 heteroatoms. The van der Waals surface area contributed by atoms with Crippen LogP contribution >= 0.6 is 23.4 Å². The molecule has 1 aromatic rings. The first-order valence-electron chi connectivity index (χ1n) is 7.16. The lowest BCUT2D eigenvalue weighted by molar-refractivity contribution is 0.298. The van der Waals surface area contributed by atoms with Gasteiger partial charge in [-0.2, -0.15) is 0 Å². The smallest absolute Gasteiger partial charge is 0.191 e. The Bertz CT molecular complexity index is 524. The highest BCUT2D eigenvalue weighted by molar-refractivity contribution is 7.99. The Morgan fingerprint density at radius 1 is 1.52 bits per heavy atom. The number of hydrogen-bond donors (Lipinski definition) is 3.